The quantitative estimate of drug-likeness (QED) is 0.185. The SMILES string of the molecule is CCC(NS(=O)(=O)c1ccc(-c2sc(-c3nnc(CC(C)(C)C(=O)O)o3)nc2COC(C)C)c2ccccc12)C(F)(F)F. The van der Waals surface area contributed by atoms with Gasteiger partial charge in [-0.25, -0.2) is 13.4 Å². The van der Waals surface area contributed by atoms with Gasteiger partial charge in [-0.1, -0.05) is 37.3 Å². The van der Waals surface area contributed by atoms with Crippen LogP contribution >= 0.6 is 11.3 Å². The van der Waals surface area contributed by atoms with Gasteiger partial charge in [-0.05, 0) is 45.6 Å². The number of thiazole rings is 1. The lowest BCUT2D eigenvalue weighted by Crippen LogP contribution is -2.44. The van der Waals surface area contributed by atoms with Crippen LogP contribution in [0.15, 0.2) is 45.7 Å². The number of nitrogens with one attached hydrogen (secondary N) is 1. The Hall–Kier alpha value is -3.40. The number of benzene rings is 2. The second-order valence-corrected chi connectivity index (χ2v) is 13.5. The van der Waals surface area contributed by atoms with Crippen LogP contribution in [0.4, 0.5) is 13.2 Å². The highest BCUT2D eigenvalue weighted by Crippen LogP contribution is 2.41. The molecule has 2 aromatic carbocycles. The smallest absolute Gasteiger partial charge is 0.404 e. The molecule has 0 aliphatic carbocycles. The van der Waals surface area contributed by atoms with Gasteiger partial charge in [0.1, 0.15) is 6.04 Å². The van der Waals surface area contributed by atoms with Gasteiger partial charge in [0.2, 0.25) is 15.9 Å². The molecule has 0 fully saturated rings. The molecular formula is C28H31F3N4O6S2. The molecule has 43 heavy (non-hydrogen) atoms. The van der Waals surface area contributed by atoms with E-state index < -0.39 is 40.0 Å². The van der Waals surface area contributed by atoms with Gasteiger partial charge < -0.3 is 14.3 Å². The third-order valence-corrected chi connectivity index (χ3v) is 9.24. The van der Waals surface area contributed by atoms with Gasteiger partial charge in [0.15, 0.2) is 5.01 Å². The summed E-state index contributed by atoms with van der Waals surface area (Å²) in [6, 6.07) is 7.07. The van der Waals surface area contributed by atoms with Crippen molar-refractivity contribution in [2.75, 3.05) is 0 Å². The van der Waals surface area contributed by atoms with Crippen molar-refractivity contribution in [2.45, 2.75) is 77.3 Å². The molecule has 0 saturated carbocycles. The van der Waals surface area contributed by atoms with Crippen LogP contribution in [-0.4, -0.2) is 53.0 Å². The Labute approximate surface area is 250 Å². The number of fused-ring (bicyclic) bond motifs is 1. The van der Waals surface area contributed by atoms with Crippen molar-refractivity contribution in [1.29, 1.82) is 0 Å². The zero-order valence-electron chi connectivity index (χ0n) is 24.0. The molecule has 0 amide bonds. The fraction of sp³-hybridized carbons (Fsp3) is 0.429. The molecule has 2 aromatic heterocycles. The molecule has 0 aliphatic heterocycles. The second-order valence-electron chi connectivity index (χ2n) is 10.8. The molecule has 0 aliphatic rings. The van der Waals surface area contributed by atoms with E-state index in [2.05, 4.69) is 15.2 Å². The Bertz CT molecular complexity index is 1730. The molecule has 2 heterocycles. The van der Waals surface area contributed by atoms with E-state index in [9.17, 15) is 31.5 Å². The third-order valence-electron chi connectivity index (χ3n) is 6.59. The van der Waals surface area contributed by atoms with Gasteiger partial charge in [0, 0.05) is 17.4 Å². The average Bonchev–Trinajstić information content (AvgIpc) is 3.56. The van der Waals surface area contributed by atoms with Gasteiger partial charge in [0.25, 0.3) is 5.89 Å². The third kappa shape index (κ3) is 7.22. The standard InChI is InChI=1S/C28H31F3N4O6S2/c1-6-21(28(29,30)31)35-43(38,39)20-12-11-18(16-9-7-8-10-17(16)20)23-19(14-40-15(2)3)32-25(42-23)24-34-33-22(41-24)13-27(4,5)26(36)37/h7-12,15,21,35H,6,13-14H2,1-5H3,(H,36,37). The Morgan fingerprint density at radius 3 is 2.40 bits per heavy atom. The number of ether oxygens (including phenoxy) is 1. The zero-order valence-corrected chi connectivity index (χ0v) is 25.7. The normalized spacial score (nSPS) is 13.6. The van der Waals surface area contributed by atoms with Crippen molar-refractivity contribution in [3.8, 4) is 21.3 Å². The molecule has 15 heteroatoms. The summed E-state index contributed by atoms with van der Waals surface area (Å²) in [5.41, 5.74) is -0.0575. The van der Waals surface area contributed by atoms with Crippen molar-refractivity contribution in [1.82, 2.24) is 19.9 Å². The number of hydrogen-bond donors (Lipinski definition) is 2. The van der Waals surface area contributed by atoms with Crippen LogP contribution in [0.2, 0.25) is 0 Å². The Morgan fingerprint density at radius 2 is 1.79 bits per heavy atom. The topological polar surface area (TPSA) is 145 Å². The van der Waals surface area contributed by atoms with E-state index >= 15 is 0 Å². The summed E-state index contributed by atoms with van der Waals surface area (Å²) >= 11 is 1.18. The van der Waals surface area contributed by atoms with Crippen LogP contribution in [0.1, 0.15) is 52.6 Å². The highest BCUT2D eigenvalue weighted by Gasteiger charge is 2.41. The van der Waals surface area contributed by atoms with E-state index in [4.69, 9.17) is 9.15 Å². The van der Waals surface area contributed by atoms with Gasteiger partial charge >= 0.3 is 12.1 Å². The molecule has 2 N–H and O–H groups in total. The minimum absolute atomic E-state index is 0.00127. The van der Waals surface area contributed by atoms with Crippen molar-refractivity contribution < 1.29 is 40.6 Å². The Morgan fingerprint density at radius 1 is 1.12 bits per heavy atom. The van der Waals surface area contributed by atoms with Crippen LogP contribution in [0, 0.1) is 5.41 Å². The number of hydrogen-bond acceptors (Lipinski definition) is 9. The fourth-order valence-electron chi connectivity index (χ4n) is 4.20. The van der Waals surface area contributed by atoms with Crippen LogP contribution in [-0.2, 0) is 32.6 Å². The second kappa shape index (κ2) is 12.3. The number of alkyl halides is 3. The Balaban J connectivity index is 1.81. The highest BCUT2D eigenvalue weighted by atomic mass is 32.2. The lowest BCUT2D eigenvalue weighted by atomic mass is 9.90. The average molecular weight is 641 g/mol. The number of carboxylic acids is 1. The summed E-state index contributed by atoms with van der Waals surface area (Å²) in [5, 5.41) is 18.5. The summed E-state index contributed by atoms with van der Waals surface area (Å²) in [6.45, 7) is 8.14. The molecular weight excluding hydrogens is 609 g/mol. The molecule has 1 unspecified atom stereocenters. The number of nitrogens with zero attached hydrogens (tertiary/aromatic N) is 3. The first-order chi connectivity index (χ1) is 20.0. The van der Waals surface area contributed by atoms with Gasteiger partial charge in [-0.15, -0.1) is 21.5 Å². The van der Waals surface area contributed by atoms with Crippen molar-refractivity contribution in [3.05, 3.63) is 48.0 Å². The van der Waals surface area contributed by atoms with Crippen molar-refractivity contribution in [2.24, 2.45) is 5.41 Å². The van der Waals surface area contributed by atoms with E-state index in [1.165, 1.54) is 50.3 Å². The number of aromatic nitrogens is 3. The molecule has 4 aromatic rings. The molecule has 0 bridgehead atoms. The number of aliphatic carboxylic acids is 1. The molecule has 10 nitrogen and oxygen atoms in total. The van der Waals surface area contributed by atoms with E-state index in [0.29, 0.717) is 26.5 Å². The molecule has 0 spiro atoms. The first kappa shape index (κ1) is 32.5. The number of carboxylic acid groups (broad SMARTS) is 1. The maximum absolute atomic E-state index is 13.4. The molecule has 4 rings (SSSR count). The maximum Gasteiger partial charge on any atom is 0.404 e. The van der Waals surface area contributed by atoms with E-state index in [0.717, 1.165) is 0 Å². The molecule has 0 saturated heterocycles. The summed E-state index contributed by atoms with van der Waals surface area (Å²) < 4.78 is 80.0. The highest BCUT2D eigenvalue weighted by molar-refractivity contribution is 7.89. The predicted molar refractivity (Wildman–Crippen MR) is 154 cm³/mol. The van der Waals surface area contributed by atoms with E-state index in [1.807, 2.05) is 13.8 Å². The number of sulfonamides is 1. The minimum atomic E-state index is -4.75. The summed E-state index contributed by atoms with van der Waals surface area (Å²) in [6.07, 6.45) is -5.35. The summed E-state index contributed by atoms with van der Waals surface area (Å²) in [4.78, 5) is 16.5. The van der Waals surface area contributed by atoms with E-state index in [-0.39, 0.29) is 41.2 Å². The number of halogens is 3. The lowest BCUT2D eigenvalue weighted by molar-refractivity contribution is -0.151. The summed E-state index contributed by atoms with van der Waals surface area (Å²) in [7, 11) is -4.55. The largest absolute Gasteiger partial charge is 0.481 e. The number of carbonyl (C=O) groups is 1. The Kier molecular flexibility index (Phi) is 9.30. The molecule has 232 valence electrons. The predicted octanol–water partition coefficient (Wildman–Crippen LogP) is 6.21. The van der Waals surface area contributed by atoms with Gasteiger partial charge in [-0.2, -0.15) is 17.9 Å². The van der Waals surface area contributed by atoms with Crippen LogP contribution < -0.4 is 4.72 Å². The maximum atomic E-state index is 13.4. The van der Waals surface area contributed by atoms with Crippen LogP contribution in [0.5, 0.6) is 0 Å². The summed E-state index contributed by atoms with van der Waals surface area (Å²) in [5.74, 6) is -0.826. The van der Waals surface area contributed by atoms with Gasteiger partial charge in [-0.3, -0.25) is 4.79 Å². The fourth-order valence-corrected chi connectivity index (χ4v) is 6.74. The molecule has 1 atom stereocenters. The lowest BCUT2D eigenvalue weighted by Gasteiger charge is -2.21. The van der Waals surface area contributed by atoms with Crippen molar-refractivity contribution in [3.63, 3.8) is 0 Å². The van der Waals surface area contributed by atoms with Crippen LogP contribution in [0.25, 0.3) is 32.1 Å². The van der Waals surface area contributed by atoms with Crippen molar-refractivity contribution >= 4 is 38.1 Å². The molecule has 0 radical (unpaired) electrons. The number of rotatable bonds is 12. The van der Waals surface area contributed by atoms with E-state index in [1.54, 1.807) is 22.9 Å². The first-order valence-corrected chi connectivity index (χ1v) is 15.6. The minimum Gasteiger partial charge on any atom is -0.481 e. The van der Waals surface area contributed by atoms with Gasteiger partial charge in [0.05, 0.1) is 33.6 Å². The monoisotopic (exact) mass is 640 g/mol. The first-order valence-electron chi connectivity index (χ1n) is 13.3. The zero-order chi connectivity index (χ0) is 31.7. The van der Waals surface area contributed by atoms with Crippen LogP contribution in [0.3, 0.4) is 0 Å².